The highest BCUT2D eigenvalue weighted by molar-refractivity contribution is 7.90. The van der Waals surface area contributed by atoms with Gasteiger partial charge >= 0.3 is 15.5 Å². The fourth-order valence-electron chi connectivity index (χ4n) is 0.996. The molecule has 0 aliphatic carbocycles. The van der Waals surface area contributed by atoms with Gasteiger partial charge in [0, 0.05) is 6.61 Å². The molecule has 5 nitrogen and oxygen atoms in total. The minimum absolute atomic E-state index is 0.192. The Morgan fingerprint density at radius 3 is 2.33 bits per heavy atom. The number of carbonyl (C=O) groups excluding carboxylic acids is 1. The molecule has 0 saturated carbocycles. The highest BCUT2D eigenvalue weighted by atomic mass is 32.2. The summed E-state index contributed by atoms with van der Waals surface area (Å²) in [7, 11) is -5.63. The Morgan fingerprint density at radius 2 is 1.89 bits per heavy atom. The fourth-order valence-corrected chi connectivity index (χ4v) is 1.47. The molecule has 0 aromatic heterocycles. The van der Waals surface area contributed by atoms with E-state index >= 15 is 0 Å². The van der Waals surface area contributed by atoms with Crippen LogP contribution in [0.25, 0.3) is 0 Å². The largest absolute Gasteiger partial charge is 0.516 e. The first-order valence-corrected chi connectivity index (χ1v) is 6.74. The molecule has 0 spiro atoms. The molecular weight excluding hydrogens is 275 g/mol. The molecule has 0 atom stereocenters. The highest BCUT2D eigenvalue weighted by Crippen LogP contribution is 2.21. The van der Waals surface area contributed by atoms with E-state index in [9.17, 15) is 26.4 Å². The van der Waals surface area contributed by atoms with Gasteiger partial charge in [-0.25, -0.2) is 4.72 Å². The topological polar surface area (TPSA) is 72.5 Å². The number of ether oxygens (including phenoxy) is 1. The van der Waals surface area contributed by atoms with Crippen LogP contribution in [0.1, 0.15) is 26.7 Å². The Bertz CT molecular complexity index is 364. The number of hydrogen-bond acceptors (Lipinski definition) is 4. The summed E-state index contributed by atoms with van der Waals surface area (Å²) in [6.45, 7) is 3.45. The summed E-state index contributed by atoms with van der Waals surface area (Å²) in [5.74, 6) is -0.884. The maximum Gasteiger partial charge on any atom is 0.516 e. The van der Waals surface area contributed by atoms with Crippen molar-refractivity contribution in [2.75, 3.05) is 13.2 Å². The maximum absolute atomic E-state index is 11.9. The maximum atomic E-state index is 11.9. The molecule has 0 saturated heterocycles. The van der Waals surface area contributed by atoms with Crippen LogP contribution in [0.2, 0.25) is 0 Å². The molecular formula is C9H16F3NO4S. The van der Waals surface area contributed by atoms with Crippen molar-refractivity contribution in [1.29, 1.82) is 0 Å². The van der Waals surface area contributed by atoms with Crippen LogP contribution >= 0.6 is 0 Å². The Hall–Kier alpha value is -0.830. The van der Waals surface area contributed by atoms with Crippen LogP contribution in [-0.2, 0) is 19.6 Å². The molecule has 1 amide bonds. The number of hydrogen-bond donors (Lipinski definition) is 1. The highest BCUT2D eigenvalue weighted by Gasteiger charge is 2.46. The quantitative estimate of drug-likeness (QED) is 0.720. The van der Waals surface area contributed by atoms with Gasteiger partial charge in [0.25, 0.3) is 5.91 Å². The summed E-state index contributed by atoms with van der Waals surface area (Å²) < 4.78 is 62.3. The van der Waals surface area contributed by atoms with Crippen LogP contribution in [0.5, 0.6) is 0 Å². The van der Waals surface area contributed by atoms with Gasteiger partial charge in [0.15, 0.2) is 0 Å². The lowest BCUT2D eigenvalue weighted by Crippen LogP contribution is -2.41. The third-order valence-corrected chi connectivity index (χ3v) is 2.96. The lowest BCUT2D eigenvalue weighted by molar-refractivity contribution is -0.124. The smallest absolute Gasteiger partial charge is 0.372 e. The average Bonchev–Trinajstić information content (AvgIpc) is 2.13. The second-order valence-corrected chi connectivity index (χ2v) is 5.74. The number of rotatable bonds is 7. The van der Waals surface area contributed by atoms with E-state index in [1.807, 2.05) is 13.8 Å². The molecule has 1 N–H and O–H groups in total. The summed E-state index contributed by atoms with van der Waals surface area (Å²) in [6, 6.07) is 0. The van der Waals surface area contributed by atoms with Crippen molar-refractivity contribution >= 4 is 15.9 Å². The third-order valence-electron chi connectivity index (χ3n) is 1.86. The van der Waals surface area contributed by atoms with E-state index in [0.29, 0.717) is 12.3 Å². The monoisotopic (exact) mass is 291 g/mol. The first-order valence-electron chi connectivity index (χ1n) is 5.26. The molecule has 0 rings (SSSR count). The molecule has 0 fully saturated rings. The predicted octanol–water partition coefficient (Wildman–Crippen LogP) is 1.41. The molecule has 0 bridgehead atoms. The molecule has 0 aromatic carbocycles. The Labute approximate surface area is 104 Å². The Balaban J connectivity index is 3.93. The molecule has 0 radical (unpaired) electrons. The van der Waals surface area contributed by atoms with Gasteiger partial charge in [-0.15, -0.1) is 0 Å². The van der Waals surface area contributed by atoms with Gasteiger partial charge in [0.05, 0.1) is 0 Å². The zero-order chi connectivity index (χ0) is 14.4. The van der Waals surface area contributed by atoms with Crippen LogP contribution in [-0.4, -0.2) is 33.0 Å². The van der Waals surface area contributed by atoms with E-state index in [4.69, 9.17) is 4.74 Å². The van der Waals surface area contributed by atoms with Crippen molar-refractivity contribution in [2.45, 2.75) is 32.2 Å². The first-order chi connectivity index (χ1) is 8.06. The predicted molar refractivity (Wildman–Crippen MR) is 58.0 cm³/mol. The fraction of sp³-hybridized carbons (Fsp3) is 0.889. The van der Waals surface area contributed by atoms with E-state index in [1.54, 1.807) is 0 Å². The second-order valence-electron chi connectivity index (χ2n) is 4.06. The molecule has 0 aliphatic rings. The molecule has 0 aliphatic heterocycles. The normalized spacial score (nSPS) is 12.8. The van der Waals surface area contributed by atoms with Crippen LogP contribution in [0, 0.1) is 5.92 Å². The van der Waals surface area contributed by atoms with Crippen LogP contribution in [0.3, 0.4) is 0 Å². The van der Waals surface area contributed by atoms with Gasteiger partial charge in [-0.05, 0) is 18.8 Å². The lowest BCUT2D eigenvalue weighted by atomic mass is 10.1. The molecule has 18 heavy (non-hydrogen) atoms. The van der Waals surface area contributed by atoms with Gasteiger partial charge < -0.3 is 4.74 Å². The second kappa shape index (κ2) is 6.93. The standard InChI is InChI=1S/C9H16F3NO4S/c1-7(2)4-3-5-17-6-8(14)13-18(15,16)9(10,11)12/h7H,3-6H2,1-2H3,(H,13,14). The molecule has 0 aromatic rings. The SMILES string of the molecule is CC(C)CCCOCC(=O)NS(=O)(=O)C(F)(F)F. The number of nitrogens with one attached hydrogen (secondary N) is 1. The summed E-state index contributed by atoms with van der Waals surface area (Å²) in [5, 5.41) is 0. The van der Waals surface area contributed by atoms with Crippen molar-refractivity contribution in [1.82, 2.24) is 4.72 Å². The van der Waals surface area contributed by atoms with E-state index in [2.05, 4.69) is 0 Å². The van der Waals surface area contributed by atoms with E-state index in [-0.39, 0.29) is 6.61 Å². The molecule has 0 unspecified atom stereocenters. The summed E-state index contributed by atoms with van der Waals surface area (Å²) in [5.41, 5.74) is -5.50. The van der Waals surface area contributed by atoms with Crippen LogP contribution < -0.4 is 4.72 Å². The van der Waals surface area contributed by atoms with Crippen molar-refractivity contribution in [3.63, 3.8) is 0 Å². The average molecular weight is 291 g/mol. The molecule has 9 heteroatoms. The summed E-state index contributed by atoms with van der Waals surface area (Å²) >= 11 is 0. The van der Waals surface area contributed by atoms with E-state index in [1.165, 1.54) is 0 Å². The number of halogens is 3. The third kappa shape index (κ3) is 6.80. The van der Waals surface area contributed by atoms with Crippen molar-refractivity contribution < 1.29 is 31.1 Å². The number of sulfonamides is 1. The number of amides is 1. The van der Waals surface area contributed by atoms with Gasteiger partial charge in [0.2, 0.25) is 0 Å². The minimum atomic E-state index is -5.63. The van der Waals surface area contributed by atoms with E-state index < -0.39 is 28.0 Å². The van der Waals surface area contributed by atoms with E-state index in [0.717, 1.165) is 11.1 Å². The van der Waals surface area contributed by atoms with Crippen molar-refractivity contribution in [3.8, 4) is 0 Å². The Kier molecular flexibility index (Phi) is 6.61. The number of alkyl halides is 3. The van der Waals surface area contributed by atoms with Crippen LogP contribution in [0.15, 0.2) is 0 Å². The Morgan fingerprint density at radius 1 is 1.33 bits per heavy atom. The summed E-state index contributed by atoms with van der Waals surface area (Å²) in [6.07, 6.45) is 1.50. The van der Waals surface area contributed by atoms with Gasteiger partial charge in [-0.2, -0.15) is 21.6 Å². The van der Waals surface area contributed by atoms with Crippen LogP contribution in [0.4, 0.5) is 13.2 Å². The lowest BCUT2D eigenvalue weighted by Gasteiger charge is -2.09. The van der Waals surface area contributed by atoms with Crippen molar-refractivity contribution in [3.05, 3.63) is 0 Å². The first kappa shape index (κ1) is 17.2. The zero-order valence-electron chi connectivity index (χ0n) is 10.1. The minimum Gasteiger partial charge on any atom is -0.372 e. The van der Waals surface area contributed by atoms with Gasteiger partial charge in [-0.1, -0.05) is 13.8 Å². The van der Waals surface area contributed by atoms with Crippen molar-refractivity contribution in [2.24, 2.45) is 5.92 Å². The summed E-state index contributed by atoms with van der Waals surface area (Å²) in [4.78, 5) is 10.9. The zero-order valence-corrected chi connectivity index (χ0v) is 10.9. The van der Waals surface area contributed by atoms with Gasteiger partial charge in [0.1, 0.15) is 6.61 Å². The number of carbonyl (C=O) groups is 1. The molecule has 108 valence electrons. The molecule has 0 heterocycles. The van der Waals surface area contributed by atoms with Gasteiger partial charge in [-0.3, -0.25) is 4.79 Å².